The Hall–Kier alpha value is -3.39. The van der Waals surface area contributed by atoms with Crippen molar-refractivity contribution in [2.24, 2.45) is 0 Å². The Morgan fingerprint density at radius 2 is 1.83 bits per heavy atom. The second-order valence-corrected chi connectivity index (χ2v) is 5.61. The van der Waals surface area contributed by atoms with Crippen LogP contribution in [0.4, 0.5) is 11.4 Å². The molecule has 0 saturated heterocycles. The number of non-ortho nitro benzene ring substituents is 1. The van der Waals surface area contributed by atoms with Gasteiger partial charge in [-0.25, -0.2) is 0 Å². The summed E-state index contributed by atoms with van der Waals surface area (Å²) in [5.41, 5.74) is 2.01. The van der Waals surface area contributed by atoms with E-state index in [1.807, 2.05) is 30.1 Å². The van der Waals surface area contributed by atoms with Crippen LogP contribution in [0.25, 0.3) is 10.8 Å². The van der Waals surface area contributed by atoms with Gasteiger partial charge in [-0.1, -0.05) is 36.4 Å². The highest BCUT2D eigenvalue weighted by Crippen LogP contribution is 2.26. The Morgan fingerprint density at radius 1 is 1.08 bits per heavy atom. The van der Waals surface area contributed by atoms with Crippen molar-refractivity contribution in [2.45, 2.75) is 6.54 Å². The minimum absolute atomic E-state index is 0.0746. The Kier molecular flexibility index (Phi) is 4.13. The quantitative estimate of drug-likeness (QED) is 0.532. The molecule has 0 aliphatic carbocycles. The molecule has 3 aromatic carbocycles. The first-order chi connectivity index (χ1) is 11.6. The highest BCUT2D eigenvalue weighted by molar-refractivity contribution is 5.83. The molecule has 0 N–H and O–H groups in total. The fourth-order valence-electron chi connectivity index (χ4n) is 2.76. The molecular formula is C19H15N3O2. The highest BCUT2D eigenvalue weighted by atomic mass is 16.6. The van der Waals surface area contributed by atoms with E-state index in [4.69, 9.17) is 0 Å². The molecule has 3 aromatic rings. The number of nitriles is 1. The van der Waals surface area contributed by atoms with Crippen LogP contribution in [0.15, 0.2) is 60.7 Å². The average molecular weight is 317 g/mol. The number of hydrogen-bond donors (Lipinski definition) is 0. The van der Waals surface area contributed by atoms with E-state index >= 15 is 0 Å². The monoisotopic (exact) mass is 317 g/mol. The largest absolute Gasteiger partial charge is 0.369 e. The molecule has 0 saturated carbocycles. The summed E-state index contributed by atoms with van der Waals surface area (Å²) in [6.45, 7) is 0.608. The molecule has 0 unspecified atom stereocenters. The summed E-state index contributed by atoms with van der Waals surface area (Å²) in [7, 11) is 1.87. The van der Waals surface area contributed by atoms with Crippen LogP contribution in [-0.2, 0) is 6.54 Å². The van der Waals surface area contributed by atoms with Crippen LogP contribution in [0, 0.1) is 21.4 Å². The molecule has 0 bridgehead atoms. The van der Waals surface area contributed by atoms with Gasteiger partial charge in [0.2, 0.25) is 0 Å². The van der Waals surface area contributed by atoms with Crippen LogP contribution in [0.1, 0.15) is 11.1 Å². The maximum Gasteiger partial charge on any atom is 0.270 e. The predicted octanol–water partition coefficient (Wildman–Crippen LogP) is 4.26. The van der Waals surface area contributed by atoms with Gasteiger partial charge in [-0.2, -0.15) is 5.26 Å². The first kappa shape index (κ1) is 15.5. The zero-order chi connectivity index (χ0) is 17.1. The van der Waals surface area contributed by atoms with Gasteiger partial charge in [0.25, 0.3) is 5.69 Å². The topological polar surface area (TPSA) is 70.2 Å². The van der Waals surface area contributed by atoms with Crippen LogP contribution in [0.2, 0.25) is 0 Å². The zero-order valence-electron chi connectivity index (χ0n) is 13.1. The lowest BCUT2D eigenvalue weighted by molar-refractivity contribution is -0.384. The number of anilines is 1. The van der Waals surface area contributed by atoms with Gasteiger partial charge in [0, 0.05) is 25.7 Å². The third kappa shape index (κ3) is 3.03. The molecule has 5 nitrogen and oxygen atoms in total. The maximum absolute atomic E-state index is 10.8. The SMILES string of the molecule is CN(Cc1ccc2ccccc2c1)c1ccc([N+](=O)[O-])cc1C#N. The zero-order valence-corrected chi connectivity index (χ0v) is 13.1. The summed E-state index contributed by atoms with van der Waals surface area (Å²) >= 11 is 0. The lowest BCUT2D eigenvalue weighted by atomic mass is 10.1. The Morgan fingerprint density at radius 3 is 2.54 bits per heavy atom. The van der Waals surface area contributed by atoms with Crippen molar-refractivity contribution in [1.82, 2.24) is 0 Å². The van der Waals surface area contributed by atoms with Gasteiger partial charge in [0.15, 0.2) is 0 Å². The maximum atomic E-state index is 10.8. The van der Waals surface area contributed by atoms with Gasteiger partial charge in [0.05, 0.1) is 16.2 Å². The number of benzene rings is 3. The highest BCUT2D eigenvalue weighted by Gasteiger charge is 2.13. The van der Waals surface area contributed by atoms with E-state index in [0.717, 1.165) is 10.9 Å². The number of rotatable bonds is 4. The van der Waals surface area contributed by atoms with E-state index in [-0.39, 0.29) is 5.69 Å². The van der Waals surface area contributed by atoms with Crippen LogP contribution < -0.4 is 4.90 Å². The lowest BCUT2D eigenvalue weighted by Crippen LogP contribution is -2.17. The molecule has 118 valence electrons. The van der Waals surface area contributed by atoms with Crippen molar-refractivity contribution in [3.8, 4) is 6.07 Å². The molecule has 0 aliphatic rings. The molecule has 0 spiro atoms. The predicted molar refractivity (Wildman–Crippen MR) is 93.9 cm³/mol. The van der Waals surface area contributed by atoms with Crippen molar-refractivity contribution < 1.29 is 4.92 Å². The summed E-state index contributed by atoms with van der Waals surface area (Å²) in [5.74, 6) is 0. The van der Waals surface area contributed by atoms with Gasteiger partial charge >= 0.3 is 0 Å². The summed E-state index contributed by atoms with van der Waals surface area (Å²) in [6.07, 6.45) is 0. The number of nitro groups is 1. The van der Waals surface area contributed by atoms with E-state index < -0.39 is 4.92 Å². The Labute approximate surface area is 139 Å². The fraction of sp³-hybridized carbons (Fsp3) is 0.105. The Balaban J connectivity index is 1.89. The standard InChI is InChI=1S/C19H15N3O2/c1-21(19-9-8-18(22(23)24)11-17(19)12-20)13-14-6-7-15-4-2-3-5-16(15)10-14/h2-11H,13H2,1H3. The third-order valence-electron chi connectivity index (χ3n) is 3.96. The van der Waals surface area contributed by atoms with Gasteiger partial charge in [-0.05, 0) is 28.5 Å². The lowest BCUT2D eigenvalue weighted by Gasteiger charge is -2.20. The van der Waals surface area contributed by atoms with E-state index in [1.165, 1.54) is 17.5 Å². The van der Waals surface area contributed by atoms with Gasteiger partial charge in [-0.15, -0.1) is 0 Å². The molecule has 0 heterocycles. The van der Waals surface area contributed by atoms with Crippen LogP contribution in [0.5, 0.6) is 0 Å². The van der Waals surface area contributed by atoms with Gasteiger partial charge < -0.3 is 4.90 Å². The van der Waals surface area contributed by atoms with E-state index in [1.54, 1.807) is 6.07 Å². The second kappa shape index (κ2) is 6.39. The Bertz CT molecular complexity index is 960. The van der Waals surface area contributed by atoms with Crippen molar-refractivity contribution >= 4 is 22.1 Å². The second-order valence-electron chi connectivity index (χ2n) is 5.61. The molecule has 3 rings (SSSR count). The van der Waals surface area contributed by atoms with Crippen molar-refractivity contribution in [3.05, 3.63) is 81.9 Å². The van der Waals surface area contributed by atoms with E-state index in [9.17, 15) is 15.4 Å². The molecule has 0 aliphatic heterocycles. The van der Waals surface area contributed by atoms with Crippen LogP contribution in [0.3, 0.4) is 0 Å². The van der Waals surface area contributed by atoms with Crippen molar-refractivity contribution in [3.63, 3.8) is 0 Å². The molecule has 5 heteroatoms. The average Bonchev–Trinajstić information content (AvgIpc) is 2.60. The molecular weight excluding hydrogens is 302 g/mol. The summed E-state index contributed by atoms with van der Waals surface area (Å²) in [6, 6.07) is 20.8. The summed E-state index contributed by atoms with van der Waals surface area (Å²) in [5, 5.41) is 22.5. The van der Waals surface area contributed by atoms with Gasteiger partial charge in [0.1, 0.15) is 6.07 Å². The molecule has 24 heavy (non-hydrogen) atoms. The number of nitrogens with zero attached hydrogens (tertiary/aromatic N) is 3. The normalized spacial score (nSPS) is 10.3. The van der Waals surface area contributed by atoms with E-state index in [0.29, 0.717) is 17.8 Å². The number of hydrogen-bond acceptors (Lipinski definition) is 4. The van der Waals surface area contributed by atoms with Crippen LogP contribution in [-0.4, -0.2) is 12.0 Å². The van der Waals surface area contributed by atoms with Crippen molar-refractivity contribution in [1.29, 1.82) is 5.26 Å². The minimum Gasteiger partial charge on any atom is -0.369 e. The third-order valence-corrected chi connectivity index (χ3v) is 3.96. The minimum atomic E-state index is -0.492. The summed E-state index contributed by atoms with van der Waals surface area (Å²) in [4.78, 5) is 12.3. The number of fused-ring (bicyclic) bond motifs is 1. The van der Waals surface area contributed by atoms with Crippen LogP contribution >= 0.6 is 0 Å². The summed E-state index contributed by atoms with van der Waals surface area (Å²) < 4.78 is 0. The molecule has 0 atom stereocenters. The first-order valence-electron chi connectivity index (χ1n) is 7.46. The molecule has 0 amide bonds. The van der Waals surface area contributed by atoms with E-state index in [2.05, 4.69) is 30.3 Å². The number of nitro benzene ring substituents is 1. The van der Waals surface area contributed by atoms with Gasteiger partial charge in [-0.3, -0.25) is 10.1 Å². The fourth-order valence-corrected chi connectivity index (χ4v) is 2.76. The van der Waals surface area contributed by atoms with Crippen molar-refractivity contribution in [2.75, 3.05) is 11.9 Å². The molecule has 0 fully saturated rings. The smallest absolute Gasteiger partial charge is 0.270 e. The molecule has 0 radical (unpaired) electrons. The molecule has 0 aromatic heterocycles. The first-order valence-corrected chi connectivity index (χ1v) is 7.46.